The minimum atomic E-state index is -0.414. The Hall–Kier alpha value is -0.590. The van der Waals surface area contributed by atoms with Crippen LogP contribution in [0.25, 0.3) is 0 Å². The van der Waals surface area contributed by atoms with Gasteiger partial charge in [0.05, 0.1) is 0 Å². The predicted molar refractivity (Wildman–Crippen MR) is 71.6 cm³/mol. The molecule has 0 saturated carbocycles. The summed E-state index contributed by atoms with van der Waals surface area (Å²) >= 11 is 13.1. The van der Waals surface area contributed by atoms with Crippen molar-refractivity contribution < 1.29 is 4.79 Å². The molecule has 0 unspecified atom stereocenters. The van der Waals surface area contributed by atoms with E-state index in [9.17, 15) is 4.79 Å². The Balaban J connectivity index is 2.95. The van der Waals surface area contributed by atoms with Gasteiger partial charge in [-0.1, -0.05) is 18.3 Å². The van der Waals surface area contributed by atoms with E-state index in [1.165, 1.54) is 16.2 Å². The second-order valence-electron chi connectivity index (χ2n) is 3.83. The van der Waals surface area contributed by atoms with Gasteiger partial charge in [-0.2, -0.15) is 0 Å². The summed E-state index contributed by atoms with van der Waals surface area (Å²) in [6.07, 6.45) is 0. The molecule has 5 nitrogen and oxygen atoms in total. The molecular weight excluding hydrogens is 283 g/mol. The molecule has 0 aliphatic heterocycles. The first kappa shape index (κ1) is 14.5. The number of nitrogens with one attached hydrogen (secondary N) is 1. The molecule has 0 fully saturated rings. The zero-order chi connectivity index (χ0) is 13.1. The number of aromatic nitrogens is 2. The number of rotatable bonds is 4. The maximum atomic E-state index is 11.4. The highest BCUT2D eigenvalue weighted by molar-refractivity contribution is 7.15. The van der Waals surface area contributed by atoms with Crippen LogP contribution in [0.2, 0.25) is 0 Å². The first-order valence-corrected chi connectivity index (χ1v) is 6.78. The maximum absolute atomic E-state index is 11.4. The van der Waals surface area contributed by atoms with E-state index in [1.54, 1.807) is 14.1 Å². The lowest BCUT2D eigenvalue weighted by Crippen LogP contribution is -2.34. The SMILES string of the molecule is CNC(=O)N(C)c1nnc(C(C)(CCl)CCl)s1. The van der Waals surface area contributed by atoms with Gasteiger partial charge >= 0.3 is 6.03 Å². The highest BCUT2D eigenvalue weighted by Crippen LogP contribution is 2.32. The zero-order valence-electron chi connectivity index (χ0n) is 9.83. The number of carbonyl (C=O) groups excluding carboxylic acids is 1. The third-order valence-electron chi connectivity index (χ3n) is 2.33. The first-order valence-electron chi connectivity index (χ1n) is 4.90. The summed E-state index contributed by atoms with van der Waals surface area (Å²) in [5.41, 5.74) is -0.414. The Morgan fingerprint density at radius 1 is 1.47 bits per heavy atom. The third-order valence-corrected chi connectivity index (χ3v) is 4.81. The number of amides is 2. The molecule has 0 spiro atoms. The van der Waals surface area contributed by atoms with Gasteiger partial charge in [-0.15, -0.1) is 33.4 Å². The molecular formula is C9H14Cl2N4OS. The second kappa shape index (κ2) is 5.84. The van der Waals surface area contributed by atoms with E-state index in [2.05, 4.69) is 15.5 Å². The normalized spacial score (nSPS) is 11.4. The fourth-order valence-corrected chi connectivity index (χ4v) is 2.64. The number of carbonyl (C=O) groups is 1. The fraction of sp³-hybridized carbons (Fsp3) is 0.667. The summed E-state index contributed by atoms with van der Waals surface area (Å²) in [4.78, 5) is 12.8. The van der Waals surface area contributed by atoms with Crippen molar-refractivity contribution >= 4 is 45.7 Å². The molecule has 96 valence electrons. The Bertz CT molecular complexity index is 394. The van der Waals surface area contributed by atoms with Crippen molar-refractivity contribution in [2.45, 2.75) is 12.3 Å². The quantitative estimate of drug-likeness (QED) is 0.865. The lowest BCUT2D eigenvalue weighted by Gasteiger charge is -2.20. The molecule has 1 aromatic rings. The van der Waals surface area contributed by atoms with Gasteiger partial charge in [-0.3, -0.25) is 4.90 Å². The largest absolute Gasteiger partial charge is 0.341 e. The van der Waals surface area contributed by atoms with Gasteiger partial charge in [0.25, 0.3) is 0 Å². The minimum absolute atomic E-state index is 0.244. The van der Waals surface area contributed by atoms with E-state index < -0.39 is 5.41 Å². The van der Waals surface area contributed by atoms with E-state index in [-0.39, 0.29) is 6.03 Å². The number of hydrogen-bond acceptors (Lipinski definition) is 4. The van der Waals surface area contributed by atoms with Crippen molar-refractivity contribution in [3.8, 4) is 0 Å². The summed E-state index contributed by atoms with van der Waals surface area (Å²) < 4.78 is 0. The van der Waals surface area contributed by atoms with Gasteiger partial charge in [0.15, 0.2) is 0 Å². The monoisotopic (exact) mass is 296 g/mol. The molecule has 0 atom stereocenters. The number of anilines is 1. The standard InChI is InChI=1S/C9H14Cl2N4OS/c1-9(4-10,5-11)6-13-14-8(17-6)15(3)7(16)12-2/h4-5H2,1-3H3,(H,12,16). The highest BCUT2D eigenvalue weighted by Gasteiger charge is 2.30. The number of urea groups is 1. The Morgan fingerprint density at radius 3 is 2.53 bits per heavy atom. The van der Waals surface area contributed by atoms with Gasteiger partial charge in [-0.05, 0) is 0 Å². The van der Waals surface area contributed by atoms with E-state index in [4.69, 9.17) is 23.2 Å². The molecule has 2 amide bonds. The molecule has 0 bridgehead atoms. The molecule has 17 heavy (non-hydrogen) atoms. The maximum Gasteiger partial charge on any atom is 0.323 e. The Kier molecular flexibility index (Phi) is 4.97. The van der Waals surface area contributed by atoms with Crippen molar-refractivity contribution in [1.82, 2.24) is 15.5 Å². The molecule has 0 aliphatic carbocycles. The number of nitrogens with zero attached hydrogens (tertiary/aromatic N) is 3. The van der Waals surface area contributed by atoms with E-state index in [1.807, 2.05) is 6.92 Å². The third kappa shape index (κ3) is 3.00. The van der Waals surface area contributed by atoms with Crippen LogP contribution < -0.4 is 10.2 Å². The van der Waals surface area contributed by atoms with Crippen molar-refractivity contribution in [3.63, 3.8) is 0 Å². The summed E-state index contributed by atoms with van der Waals surface area (Å²) in [5.74, 6) is 0.712. The molecule has 0 saturated heterocycles. The average Bonchev–Trinajstić information content (AvgIpc) is 2.85. The number of hydrogen-bond donors (Lipinski definition) is 1. The van der Waals surface area contributed by atoms with Crippen LogP contribution in [-0.4, -0.2) is 42.1 Å². The van der Waals surface area contributed by atoms with Crippen molar-refractivity contribution in [2.24, 2.45) is 0 Å². The van der Waals surface area contributed by atoms with Gasteiger partial charge in [0.2, 0.25) is 5.13 Å². The smallest absolute Gasteiger partial charge is 0.323 e. The van der Waals surface area contributed by atoms with Crippen LogP contribution >= 0.6 is 34.5 Å². The van der Waals surface area contributed by atoms with E-state index in [0.717, 1.165) is 5.01 Å². The molecule has 1 rings (SSSR count). The molecule has 1 N–H and O–H groups in total. The molecule has 0 aliphatic rings. The molecule has 1 aromatic heterocycles. The van der Waals surface area contributed by atoms with Gasteiger partial charge in [0.1, 0.15) is 5.01 Å². The number of halogens is 2. The van der Waals surface area contributed by atoms with Crippen LogP contribution in [0.15, 0.2) is 0 Å². The van der Waals surface area contributed by atoms with Crippen molar-refractivity contribution in [1.29, 1.82) is 0 Å². The minimum Gasteiger partial charge on any atom is -0.341 e. The first-order chi connectivity index (χ1) is 7.98. The van der Waals surface area contributed by atoms with Crippen molar-refractivity contribution in [3.05, 3.63) is 5.01 Å². The fourth-order valence-electron chi connectivity index (χ4n) is 1.000. The number of alkyl halides is 2. The van der Waals surface area contributed by atoms with Crippen LogP contribution in [-0.2, 0) is 5.41 Å². The van der Waals surface area contributed by atoms with Gasteiger partial charge < -0.3 is 5.32 Å². The van der Waals surface area contributed by atoms with Crippen molar-refractivity contribution in [2.75, 3.05) is 30.8 Å². The lowest BCUT2D eigenvalue weighted by atomic mass is 9.98. The van der Waals surface area contributed by atoms with Crippen LogP contribution in [0.5, 0.6) is 0 Å². The summed E-state index contributed by atoms with van der Waals surface area (Å²) in [5, 5.41) is 11.8. The lowest BCUT2D eigenvalue weighted by molar-refractivity contribution is 0.249. The Morgan fingerprint density at radius 2 is 2.06 bits per heavy atom. The second-order valence-corrected chi connectivity index (χ2v) is 5.32. The predicted octanol–water partition coefficient (Wildman–Crippen LogP) is 2.05. The van der Waals surface area contributed by atoms with Crippen LogP contribution in [0, 0.1) is 0 Å². The zero-order valence-corrected chi connectivity index (χ0v) is 12.2. The molecule has 8 heteroatoms. The molecule has 0 aromatic carbocycles. The average molecular weight is 297 g/mol. The van der Waals surface area contributed by atoms with Crippen LogP contribution in [0.1, 0.15) is 11.9 Å². The van der Waals surface area contributed by atoms with E-state index in [0.29, 0.717) is 16.9 Å². The summed E-state index contributed by atoms with van der Waals surface area (Å²) in [6, 6.07) is -0.244. The van der Waals surface area contributed by atoms with Crippen LogP contribution in [0.4, 0.5) is 9.93 Å². The summed E-state index contributed by atoms with van der Waals surface area (Å²) in [6.45, 7) is 1.91. The topological polar surface area (TPSA) is 58.1 Å². The van der Waals surface area contributed by atoms with Gasteiger partial charge in [-0.25, -0.2) is 4.79 Å². The molecule has 1 heterocycles. The Labute approximate surface area is 114 Å². The van der Waals surface area contributed by atoms with Crippen LogP contribution in [0.3, 0.4) is 0 Å². The van der Waals surface area contributed by atoms with E-state index >= 15 is 0 Å². The summed E-state index contributed by atoms with van der Waals surface area (Å²) in [7, 11) is 3.18. The highest BCUT2D eigenvalue weighted by atomic mass is 35.5. The van der Waals surface area contributed by atoms with Gasteiger partial charge in [0, 0.05) is 31.3 Å². The molecule has 0 radical (unpaired) electrons.